The lowest BCUT2D eigenvalue weighted by molar-refractivity contribution is -0.129. The van der Waals surface area contributed by atoms with Gasteiger partial charge in [0.2, 0.25) is 5.91 Å². The van der Waals surface area contributed by atoms with Crippen LogP contribution < -0.4 is 4.90 Å². The molecule has 3 aliphatic heterocycles. The normalized spacial score (nSPS) is 22.3. The van der Waals surface area contributed by atoms with Crippen LogP contribution in [0.4, 0.5) is 5.69 Å². The minimum absolute atomic E-state index is 0.0379. The first kappa shape index (κ1) is 20.5. The largest absolute Gasteiger partial charge is 0.449 e. The molecule has 32 heavy (non-hydrogen) atoms. The molecule has 3 aliphatic rings. The Kier molecular flexibility index (Phi) is 4.92. The zero-order chi connectivity index (χ0) is 22.5. The van der Waals surface area contributed by atoms with Gasteiger partial charge in [-0.1, -0.05) is 24.3 Å². The first-order chi connectivity index (χ1) is 15.4. The summed E-state index contributed by atoms with van der Waals surface area (Å²) in [6.07, 6.45) is 0.604. The number of carbonyl (C=O) groups is 3. The van der Waals surface area contributed by atoms with Gasteiger partial charge in [0.1, 0.15) is 0 Å². The van der Waals surface area contributed by atoms with Gasteiger partial charge in [-0.25, -0.2) is 4.79 Å². The number of piperazine rings is 1. The highest BCUT2D eigenvalue weighted by molar-refractivity contribution is 5.98. The average Bonchev–Trinajstić information content (AvgIpc) is 3.35. The Morgan fingerprint density at radius 3 is 2.47 bits per heavy atom. The third kappa shape index (κ3) is 3.32. The van der Waals surface area contributed by atoms with Gasteiger partial charge in [-0.2, -0.15) is 0 Å². The Bertz CT molecular complexity index is 1110. The lowest BCUT2D eigenvalue weighted by Crippen LogP contribution is -2.48. The summed E-state index contributed by atoms with van der Waals surface area (Å²) >= 11 is 0. The van der Waals surface area contributed by atoms with E-state index in [1.807, 2.05) is 48.2 Å². The van der Waals surface area contributed by atoms with E-state index in [4.69, 9.17) is 4.74 Å². The maximum absolute atomic E-state index is 13.5. The Morgan fingerprint density at radius 1 is 0.969 bits per heavy atom. The van der Waals surface area contributed by atoms with Gasteiger partial charge < -0.3 is 19.4 Å². The summed E-state index contributed by atoms with van der Waals surface area (Å²) in [5.41, 5.74) is 3.34. The van der Waals surface area contributed by atoms with Crippen LogP contribution in [0.3, 0.4) is 0 Å². The highest BCUT2D eigenvalue weighted by Crippen LogP contribution is 2.43. The number of ether oxygens (including phenoxy) is 1. The summed E-state index contributed by atoms with van der Waals surface area (Å²) in [6.45, 7) is 7.32. The Labute approximate surface area is 187 Å². The maximum atomic E-state index is 13.5. The van der Waals surface area contributed by atoms with Gasteiger partial charge in [-0.15, -0.1) is 0 Å². The molecule has 2 fully saturated rings. The first-order valence-electron chi connectivity index (χ1n) is 11.1. The summed E-state index contributed by atoms with van der Waals surface area (Å²) in [5.74, 6) is -0.247. The Balaban J connectivity index is 1.35. The lowest BCUT2D eigenvalue weighted by Gasteiger charge is -2.36. The molecule has 5 rings (SSSR count). The molecule has 0 radical (unpaired) electrons. The van der Waals surface area contributed by atoms with Crippen molar-refractivity contribution >= 4 is 23.5 Å². The van der Waals surface area contributed by atoms with Crippen LogP contribution in [-0.4, -0.2) is 66.9 Å². The smallest absolute Gasteiger partial charge is 0.339 e. The molecular formula is C25H27N3O4. The van der Waals surface area contributed by atoms with Crippen molar-refractivity contribution in [2.24, 2.45) is 0 Å². The van der Waals surface area contributed by atoms with Crippen molar-refractivity contribution in [1.82, 2.24) is 9.80 Å². The van der Waals surface area contributed by atoms with E-state index in [0.29, 0.717) is 43.7 Å². The fraction of sp³-hybridized carbons (Fsp3) is 0.400. The van der Waals surface area contributed by atoms with Crippen LogP contribution in [-0.2, 0) is 15.1 Å². The van der Waals surface area contributed by atoms with Gasteiger partial charge in [0.05, 0.1) is 12.1 Å². The number of nitrogens with zero attached hydrogens (tertiary/aromatic N) is 3. The Morgan fingerprint density at radius 2 is 1.72 bits per heavy atom. The van der Waals surface area contributed by atoms with Crippen LogP contribution in [0.5, 0.6) is 0 Å². The van der Waals surface area contributed by atoms with Gasteiger partial charge in [0.15, 0.2) is 5.60 Å². The molecule has 1 atom stereocenters. The van der Waals surface area contributed by atoms with E-state index in [2.05, 4.69) is 4.90 Å². The van der Waals surface area contributed by atoms with Gasteiger partial charge in [-0.05, 0) is 30.7 Å². The van der Waals surface area contributed by atoms with Crippen molar-refractivity contribution in [1.29, 1.82) is 0 Å². The second kappa shape index (κ2) is 7.65. The number of hydrogen-bond donors (Lipinski definition) is 0. The number of amides is 2. The van der Waals surface area contributed by atoms with Gasteiger partial charge in [0.25, 0.3) is 5.91 Å². The molecule has 1 spiro atoms. The molecule has 166 valence electrons. The highest BCUT2D eigenvalue weighted by Gasteiger charge is 2.51. The van der Waals surface area contributed by atoms with Crippen molar-refractivity contribution in [3.8, 4) is 0 Å². The summed E-state index contributed by atoms with van der Waals surface area (Å²) in [7, 11) is 0. The quantitative estimate of drug-likeness (QED) is 0.681. The van der Waals surface area contributed by atoms with E-state index < -0.39 is 5.60 Å². The molecule has 0 N–H and O–H groups in total. The van der Waals surface area contributed by atoms with Gasteiger partial charge >= 0.3 is 5.97 Å². The van der Waals surface area contributed by atoms with E-state index in [1.54, 1.807) is 17.9 Å². The number of fused-ring (bicyclic) bond motifs is 2. The molecular weight excluding hydrogens is 406 g/mol. The van der Waals surface area contributed by atoms with Crippen molar-refractivity contribution in [3.05, 3.63) is 64.7 Å². The SMILES string of the molecule is CC(=O)N1CCN(c2ccc(C)c(C(=O)N3CC[C@@]4(C3)OC(=O)c3ccccc34)c2)CC1. The summed E-state index contributed by atoms with van der Waals surface area (Å²) in [6, 6.07) is 13.4. The molecule has 3 heterocycles. The van der Waals surface area contributed by atoms with E-state index >= 15 is 0 Å². The number of anilines is 1. The zero-order valence-corrected chi connectivity index (χ0v) is 18.5. The maximum Gasteiger partial charge on any atom is 0.339 e. The minimum atomic E-state index is -0.738. The third-order valence-corrected chi connectivity index (χ3v) is 6.99. The number of carbonyl (C=O) groups excluding carboxylic acids is 3. The molecule has 0 unspecified atom stereocenters. The number of likely N-dealkylation sites (tertiary alicyclic amines) is 1. The van der Waals surface area contributed by atoms with Crippen LogP contribution in [0.15, 0.2) is 42.5 Å². The van der Waals surface area contributed by atoms with E-state index in [1.165, 1.54) is 0 Å². The fourth-order valence-electron chi connectivity index (χ4n) is 5.09. The van der Waals surface area contributed by atoms with Crippen LogP contribution in [0, 0.1) is 6.92 Å². The van der Waals surface area contributed by atoms with Crippen molar-refractivity contribution in [2.75, 3.05) is 44.2 Å². The highest BCUT2D eigenvalue weighted by atomic mass is 16.6. The molecule has 2 saturated heterocycles. The second-order valence-electron chi connectivity index (χ2n) is 8.90. The van der Waals surface area contributed by atoms with Crippen molar-refractivity contribution < 1.29 is 19.1 Å². The number of aryl methyl sites for hydroxylation is 1. The molecule has 2 aromatic carbocycles. The third-order valence-electron chi connectivity index (χ3n) is 6.99. The lowest BCUT2D eigenvalue weighted by atomic mass is 9.91. The molecule has 2 amide bonds. The summed E-state index contributed by atoms with van der Waals surface area (Å²) in [5, 5.41) is 0. The number of esters is 1. The van der Waals surface area contributed by atoms with Gasteiger partial charge in [-0.3, -0.25) is 9.59 Å². The first-order valence-corrected chi connectivity index (χ1v) is 11.1. The van der Waals surface area contributed by atoms with Crippen molar-refractivity contribution in [2.45, 2.75) is 25.9 Å². The predicted octanol–water partition coefficient (Wildman–Crippen LogP) is 2.58. The predicted molar refractivity (Wildman–Crippen MR) is 120 cm³/mol. The van der Waals surface area contributed by atoms with E-state index in [-0.39, 0.29) is 17.8 Å². The average molecular weight is 434 g/mol. The molecule has 0 saturated carbocycles. The van der Waals surface area contributed by atoms with Crippen LogP contribution in [0.1, 0.15) is 45.2 Å². The molecule has 7 nitrogen and oxygen atoms in total. The monoisotopic (exact) mass is 433 g/mol. The molecule has 0 bridgehead atoms. The second-order valence-corrected chi connectivity index (χ2v) is 8.90. The van der Waals surface area contributed by atoms with Gasteiger partial charge in [0, 0.05) is 62.9 Å². The molecule has 0 aliphatic carbocycles. The van der Waals surface area contributed by atoms with Crippen LogP contribution >= 0.6 is 0 Å². The topological polar surface area (TPSA) is 70.2 Å². The van der Waals surface area contributed by atoms with Crippen molar-refractivity contribution in [3.63, 3.8) is 0 Å². The number of hydrogen-bond acceptors (Lipinski definition) is 5. The molecule has 0 aromatic heterocycles. The number of rotatable bonds is 2. The summed E-state index contributed by atoms with van der Waals surface area (Å²) < 4.78 is 5.80. The van der Waals surface area contributed by atoms with E-state index in [9.17, 15) is 14.4 Å². The fourth-order valence-corrected chi connectivity index (χ4v) is 5.09. The summed E-state index contributed by atoms with van der Waals surface area (Å²) in [4.78, 5) is 43.3. The molecule has 7 heteroatoms. The molecule has 2 aromatic rings. The Hall–Kier alpha value is -3.35. The number of benzene rings is 2. The van der Waals surface area contributed by atoms with E-state index in [0.717, 1.165) is 29.9 Å². The van der Waals surface area contributed by atoms with Crippen LogP contribution in [0.2, 0.25) is 0 Å². The van der Waals surface area contributed by atoms with Crippen LogP contribution in [0.25, 0.3) is 0 Å². The minimum Gasteiger partial charge on any atom is -0.449 e. The zero-order valence-electron chi connectivity index (χ0n) is 18.5. The standard InChI is InChI=1S/C25H27N3O4/c1-17-7-8-19(27-13-11-26(12-14-27)18(2)29)15-21(17)23(30)28-10-9-25(16-28)22-6-4-3-5-20(22)24(31)32-25/h3-8,15H,9-14,16H2,1-2H3/t25-/m0/s1.